The largest absolute Gasteiger partial charge is 0.496 e. The summed E-state index contributed by atoms with van der Waals surface area (Å²) in [6.07, 6.45) is 2.76. The van der Waals surface area contributed by atoms with Crippen LogP contribution in [-0.4, -0.2) is 18.9 Å². The highest BCUT2D eigenvalue weighted by Crippen LogP contribution is 2.40. The molecule has 1 aromatic heterocycles. The lowest BCUT2D eigenvalue weighted by molar-refractivity contribution is 0.1000. The number of aryl methyl sites for hydroxylation is 1. The van der Waals surface area contributed by atoms with Crippen molar-refractivity contribution in [2.75, 3.05) is 12.4 Å². The Morgan fingerprint density at radius 2 is 2.12 bits per heavy atom. The van der Waals surface area contributed by atoms with Gasteiger partial charge in [-0.3, -0.25) is 9.59 Å². The molecular formula is C19H21BrN2O3S. The second kappa shape index (κ2) is 7.40. The van der Waals surface area contributed by atoms with Crippen molar-refractivity contribution in [2.24, 2.45) is 11.7 Å². The summed E-state index contributed by atoms with van der Waals surface area (Å²) in [7, 11) is 1.53. The number of carbonyl (C=O) groups is 2. The molecule has 138 valence electrons. The van der Waals surface area contributed by atoms with Crippen LogP contribution in [0.5, 0.6) is 5.75 Å². The Morgan fingerprint density at radius 3 is 2.77 bits per heavy atom. The van der Waals surface area contributed by atoms with Gasteiger partial charge in [-0.05, 0) is 55.4 Å². The first kappa shape index (κ1) is 18.9. The van der Waals surface area contributed by atoms with Crippen LogP contribution in [0.4, 0.5) is 5.00 Å². The van der Waals surface area contributed by atoms with Crippen LogP contribution in [0, 0.1) is 12.8 Å². The maximum Gasteiger partial charge on any atom is 0.260 e. The number of nitrogens with one attached hydrogen (secondary N) is 1. The second-order valence-corrected chi connectivity index (χ2v) is 8.70. The Bertz CT molecular complexity index is 891. The molecule has 3 rings (SSSR count). The molecule has 0 radical (unpaired) electrons. The molecule has 0 saturated heterocycles. The fraction of sp³-hybridized carbons (Fsp3) is 0.368. The second-order valence-electron chi connectivity index (χ2n) is 6.68. The number of nitrogens with two attached hydrogens (primary N) is 1. The fourth-order valence-corrected chi connectivity index (χ4v) is 5.42. The molecule has 5 nitrogen and oxygen atoms in total. The lowest BCUT2D eigenvalue weighted by atomic mass is 9.88. The minimum atomic E-state index is -0.496. The molecule has 0 saturated carbocycles. The van der Waals surface area contributed by atoms with Gasteiger partial charge in [-0.15, -0.1) is 11.3 Å². The van der Waals surface area contributed by atoms with Gasteiger partial charge in [0.25, 0.3) is 11.8 Å². The zero-order chi connectivity index (χ0) is 19.0. The Kier molecular flexibility index (Phi) is 5.39. The molecule has 0 spiro atoms. The van der Waals surface area contributed by atoms with Gasteiger partial charge in [0.1, 0.15) is 10.8 Å². The Hall–Kier alpha value is -1.86. The normalized spacial score (nSPS) is 16.1. The number of thiophene rings is 1. The molecule has 26 heavy (non-hydrogen) atoms. The number of amides is 2. The lowest BCUT2D eigenvalue weighted by Crippen LogP contribution is -2.19. The first-order chi connectivity index (χ1) is 12.3. The summed E-state index contributed by atoms with van der Waals surface area (Å²) in [5.41, 5.74) is 8.33. The molecule has 2 aromatic rings. The van der Waals surface area contributed by atoms with E-state index in [1.165, 1.54) is 18.4 Å². The van der Waals surface area contributed by atoms with Crippen LogP contribution < -0.4 is 15.8 Å². The van der Waals surface area contributed by atoms with Crippen LogP contribution in [0.15, 0.2) is 16.6 Å². The Balaban J connectivity index is 2.00. The average molecular weight is 437 g/mol. The van der Waals surface area contributed by atoms with E-state index in [0.717, 1.165) is 39.7 Å². The van der Waals surface area contributed by atoms with Crippen LogP contribution in [0.3, 0.4) is 0 Å². The van der Waals surface area contributed by atoms with Gasteiger partial charge >= 0.3 is 0 Å². The van der Waals surface area contributed by atoms with Crippen LogP contribution in [0.2, 0.25) is 0 Å². The van der Waals surface area contributed by atoms with E-state index in [1.54, 1.807) is 6.07 Å². The highest BCUT2D eigenvalue weighted by atomic mass is 79.9. The maximum atomic E-state index is 12.9. The number of fused-ring (bicyclic) bond motifs is 1. The van der Waals surface area contributed by atoms with Gasteiger partial charge in [-0.25, -0.2) is 0 Å². The number of carbonyl (C=O) groups excluding carboxylic acids is 2. The van der Waals surface area contributed by atoms with Crippen LogP contribution in [0.1, 0.15) is 50.1 Å². The monoisotopic (exact) mass is 436 g/mol. The molecule has 7 heteroatoms. The van der Waals surface area contributed by atoms with E-state index in [4.69, 9.17) is 10.5 Å². The molecule has 2 amide bonds. The fourth-order valence-electron chi connectivity index (χ4n) is 3.44. The number of rotatable bonds is 4. The van der Waals surface area contributed by atoms with Crippen LogP contribution >= 0.6 is 27.3 Å². The van der Waals surface area contributed by atoms with Crippen molar-refractivity contribution < 1.29 is 14.3 Å². The van der Waals surface area contributed by atoms with E-state index < -0.39 is 5.91 Å². The predicted molar refractivity (Wildman–Crippen MR) is 107 cm³/mol. The first-order valence-corrected chi connectivity index (χ1v) is 10.0. The van der Waals surface area contributed by atoms with E-state index in [9.17, 15) is 9.59 Å². The number of ether oxygens (including phenoxy) is 1. The summed E-state index contributed by atoms with van der Waals surface area (Å²) in [6.45, 7) is 4.07. The summed E-state index contributed by atoms with van der Waals surface area (Å²) in [5.74, 6) is 0.268. The molecule has 0 bridgehead atoms. The van der Waals surface area contributed by atoms with Crippen molar-refractivity contribution in [1.82, 2.24) is 0 Å². The van der Waals surface area contributed by atoms with E-state index in [-0.39, 0.29) is 5.91 Å². The van der Waals surface area contributed by atoms with Gasteiger partial charge in [0.15, 0.2) is 0 Å². The Morgan fingerprint density at radius 1 is 1.38 bits per heavy atom. The lowest BCUT2D eigenvalue weighted by Gasteiger charge is -2.18. The zero-order valence-electron chi connectivity index (χ0n) is 14.9. The van der Waals surface area contributed by atoms with Crippen molar-refractivity contribution in [3.8, 4) is 5.75 Å². The number of methoxy groups -OCH3 is 1. The van der Waals surface area contributed by atoms with Crippen molar-refractivity contribution >= 4 is 44.1 Å². The van der Waals surface area contributed by atoms with Gasteiger partial charge in [0.2, 0.25) is 0 Å². The highest BCUT2D eigenvalue weighted by Gasteiger charge is 2.28. The van der Waals surface area contributed by atoms with E-state index >= 15 is 0 Å². The summed E-state index contributed by atoms with van der Waals surface area (Å²) in [6, 6.07) is 3.59. The van der Waals surface area contributed by atoms with E-state index in [2.05, 4.69) is 28.2 Å². The van der Waals surface area contributed by atoms with Gasteiger partial charge < -0.3 is 15.8 Å². The maximum absolute atomic E-state index is 12.9. The average Bonchev–Trinajstić information content (AvgIpc) is 2.91. The SMILES string of the molecule is COc1c(C)cc(Br)cc1C(=O)Nc1sc2c(c1C(N)=O)CC[C@H](C)C2. The smallest absolute Gasteiger partial charge is 0.260 e. The topological polar surface area (TPSA) is 81.4 Å². The molecule has 1 aliphatic rings. The minimum absolute atomic E-state index is 0.319. The number of benzene rings is 1. The highest BCUT2D eigenvalue weighted by molar-refractivity contribution is 9.10. The number of primary amides is 1. The molecule has 3 N–H and O–H groups in total. The predicted octanol–water partition coefficient (Wildman–Crippen LogP) is 4.30. The molecular weight excluding hydrogens is 416 g/mol. The van der Waals surface area contributed by atoms with Crippen molar-refractivity contribution in [3.63, 3.8) is 0 Å². The number of anilines is 1. The summed E-state index contributed by atoms with van der Waals surface area (Å²) in [5, 5.41) is 3.42. The third-order valence-electron chi connectivity index (χ3n) is 4.67. The number of halogens is 1. The molecule has 1 aromatic carbocycles. The molecule has 0 aliphatic heterocycles. The summed E-state index contributed by atoms with van der Waals surface area (Å²) >= 11 is 4.87. The minimum Gasteiger partial charge on any atom is -0.496 e. The molecule has 1 atom stereocenters. The quantitative estimate of drug-likeness (QED) is 0.748. The first-order valence-electron chi connectivity index (χ1n) is 8.41. The standard InChI is InChI=1S/C19H21BrN2O3S/c1-9-4-5-12-14(6-9)26-19(15(12)17(21)23)22-18(24)13-8-11(20)7-10(2)16(13)25-3/h7-9H,4-6H2,1-3H3,(H2,21,23)(H,22,24)/t9-/m0/s1. The van der Waals surface area contributed by atoms with Gasteiger partial charge in [0.05, 0.1) is 18.2 Å². The summed E-state index contributed by atoms with van der Waals surface area (Å²) in [4.78, 5) is 26.1. The van der Waals surface area contributed by atoms with Crippen molar-refractivity contribution in [2.45, 2.75) is 33.1 Å². The van der Waals surface area contributed by atoms with Crippen molar-refractivity contribution in [1.29, 1.82) is 0 Å². The molecule has 0 unspecified atom stereocenters. The molecule has 0 fully saturated rings. The van der Waals surface area contributed by atoms with Crippen molar-refractivity contribution in [3.05, 3.63) is 43.7 Å². The van der Waals surface area contributed by atoms with Crippen LogP contribution in [0.25, 0.3) is 0 Å². The third-order valence-corrected chi connectivity index (χ3v) is 6.30. The number of hydrogen-bond acceptors (Lipinski definition) is 4. The zero-order valence-corrected chi connectivity index (χ0v) is 17.3. The van der Waals surface area contributed by atoms with Gasteiger partial charge in [-0.2, -0.15) is 0 Å². The third kappa shape index (κ3) is 3.50. The van der Waals surface area contributed by atoms with Crippen LogP contribution in [-0.2, 0) is 12.8 Å². The molecule has 1 heterocycles. The van der Waals surface area contributed by atoms with Gasteiger partial charge in [-0.1, -0.05) is 22.9 Å². The molecule has 1 aliphatic carbocycles. The summed E-state index contributed by atoms with van der Waals surface area (Å²) < 4.78 is 6.18. The van der Waals surface area contributed by atoms with Gasteiger partial charge in [0, 0.05) is 9.35 Å². The number of hydrogen-bond donors (Lipinski definition) is 2. The Labute approximate surface area is 165 Å². The van der Waals surface area contributed by atoms with E-state index in [0.29, 0.717) is 27.8 Å². The van der Waals surface area contributed by atoms with E-state index in [1.807, 2.05) is 13.0 Å².